The Balaban J connectivity index is 2.05. The Kier molecular flexibility index (Phi) is 3.67. The average Bonchev–Trinajstić information content (AvgIpc) is 2.90. The van der Waals surface area contributed by atoms with Crippen LogP contribution in [0.3, 0.4) is 0 Å². The molecule has 5 nitrogen and oxygen atoms in total. The molecule has 2 aromatic rings. The minimum atomic E-state index is 0.782. The third kappa shape index (κ3) is 2.40. The minimum Gasteiger partial charge on any atom is -0.370 e. The van der Waals surface area contributed by atoms with Crippen LogP contribution in [0.15, 0.2) is 12.3 Å². The average molecular weight is 271 g/mol. The van der Waals surface area contributed by atoms with E-state index in [4.69, 9.17) is 9.97 Å². The van der Waals surface area contributed by atoms with Crippen molar-refractivity contribution in [2.75, 3.05) is 11.9 Å². The van der Waals surface area contributed by atoms with E-state index < -0.39 is 0 Å². The van der Waals surface area contributed by atoms with Crippen molar-refractivity contribution in [2.45, 2.75) is 39.0 Å². The van der Waals surface area contributed by atoms with Gasteiger partial charge in [0.05, 0.1) is 0 Å². The van der Waals surface area contributed by atoms with E-state index in [-0.39, 0.29) is 0 Å². The number of hydrogen-bond donors (Lipinski definition) is 1. The van der Waals surface area contributed by atoms with Crippen molar-refractivity contribution < 1.29 is 0 Å². The van der Waals surface area contributed by atoms with Crippen LogP contribution in [-0.2, 0) is 19.9 Å². The molecular weight excluding hydrogens is 250 g/mol. The smallest absolute Gasteiger partial charge is 0.180 e. The van der Waals surface area contributed by atoms with Crippen LogP contribution in [0.1, 0.15) is 37.4 Å². The van der Waals surface area contributed by atoms with Crippen molar-refractivity contribution in [1.82, 2.24) is 19.7 Å². The van der Waals surface area contributed by atoms with Gasteiger partial charge < -0.3 is 5.32 Å². The van der Waals surface area contributed by atoms with Crippen molar-refractivity contribution in [3.8, 4) is 11.5 Å². The van der Waals surface area contributed by atoms with Crippen LogP contribution in [0.2, 0.25) is 0 Å². The second kappa shape index (κ2) is 5.61. The highest BCUT2D eigenvalue weighted by Gasteiger charge is 2.19. The molecule has 0 saturated carbocycles. The van der Waals surface area contributed by atoms with E-state index >= 15 is 0 Å². The summed E-state index contributed by atoms with van der Waals surface area (Å²) in [7, 11) is 1.93. The first-order chi connectivity index (χ1) is 9.79. The molecule has 1 aliphatic carbocycles. The van der Waals surface area contributed by atoms with Gasteiger partial charge in [0.2, 0.25) is 0 Å². The highest BCUT2D eigenvalue weighted by Crippen LogP contribution is 2.28. The number of anilines is 1. The normalized spacial score (nSPS) is 14.1. The van der Waals surface area contributed by atoms with Crippen LogP contribution in [0, 0.1) is 0 Å². The van der Waals surface area contributed by atoms with E-state index in [9.17, 15) is 0 Å². The first kappa shape index (κ1) is 13.1. The zero-order valence-corrected chi connectivity index (χ0v) is 12.2. The molecule has 0 saturated heterocycles. The van der Waals surface area contributed by atoms with Gasteiger partial charge in [0.1, 0.15) is 11.5 Å². The summed E-state index contributed by atoms with van der Waals surface area (Å²) in [6.45, 7) is 3.12. The molecule has 1 aliphatic rings. The van der Waals surface area contributed by atoms with Gasteiger partial charge >= 0.3 is 0 Å². The van der Waals surface area contributed by atoms with Crippen molar-refractivity contribution in [2.24, 2.45) is 7.05 Å². The van der Waals surface area contributed by atoms with Crippen LogP contribution in [-0.4, -0.2) is 26.3 Å². The van der Waals surface area contributed by atoms with Gasteiger partial charge in [-0.25, -0.2) is 9.97 Å². The van der Waals surface area contributed by atoms with Gasteiger partial charge in [0, 0.05) is 31.0 Å². The molecular formula is C15H21N5. The van der Waals surface area contributed by atoms with Crippen molar-refractivity contribution in [3.05, 3.63) is 23.5 Å². The van der Waals surface area contributed by atoms with Crippen LogP contribution in [0.5, 0.6) is 0 Å². The van der Waals surface area contributed by atoms with Gasteiger partial charge in [-0.05, 0) is 38.2 Å². The molecule has 106 valence electrons. The number of hydrogen-bond acceptors (Lipinski definition) is 4. The predicted molar refractivity (Wildman–Crippen MR) is 79.7 cm³/mol. The lowest BCUT2D eigenvalue weighted by Crippen LogP contribution is -2.14. The van der Waals surface area contributed by atoms with Crippen molar-refractivity contribution in [3.63, 3.8) is 0 Å². The fourth-order valence-corrected chi connectivity index (χ4v) is 2.69. The number of nitrogens with one attached hydrogen (secondary N) is 1. The van der Waals surface area contributed by atoms with Crippen LogP contribution in [0.25, 0.3) is 11.5 Å². The fraction of sp³-hybridized carbons (Fsp3) is 0.533. The van der Waals surface area contributed by atoms with E-state index in [1.165, 1.54) is 24.1 Å². The summed E-state index contributed by atoms with van der Waals surface area (Å²) in [5.41, 5.74) is 3.49. The van der Waals surface area contributed by atoms with Gasteiger partial charge in [0.25, 0.3) is 0 Å². The number of rotatable bonds is 4. The van der Waals surface area contributed by atoms with Crippen molar-refractivity contribution in [1.29, 1.82) is 0 Å². The quantitative estimate of drug-likeness (QED) is 0.928. The highest BCUT2D eigenvalue weighted by molar-refractivity contribution is 5.57. The molecule has 0 fully saturated rings. The number of nitrogens with zero attached hydrogens (tertiary/aromatic N) is 4. The molecule has 0 aromatic carbocycles. The summed E-state index contributed by atoms with van der Waals surface area (Å²) in [5, 5.41) is 7.68. The Morgan fingerprint density at radius 2 is 2.10 bits per heavy atom. The minimum absolute atomic E-state index is 0.782. The third-order valence-corrected chi connectivity index (χ3v) is 3.78. The molecule has 1 N–H and O–H groups in total. The maximum atomic E-state index is 4.77. The maximum absolute atomic E-state index is 4.77. The first-order valence-corrected chi connectivity index (χ1v) is 7.41. The second-order valence-electron chi connectivity index (χ2n) is 5.30. The van der Waals surface area contributed by atoms with E-state index in [0.717, 1.165) is 43.1 Å². The lowest BCUT2D eigenvalue weighted by atomic mass is 9.96. The summed E-state index contributed by atoms with van der Waals surface area (Å²) in [6.07, 6.45) is 7.50. The highest BCUT2D eigenvalue weighted by atomic mass is 15.3. The molecule has 20 heavy (non-hydrogen) atoms. The SMILES string of the molecule is CCCNc1nc(-c2ccnn2C)nc2c1CCCC2. The molecule has 2 aromatic heterocycles. The molecule has 0 atom stereocenters. The molecule has 0 spiro atoms. The van der Waals surface area contributed by atoms with E-state index in [2.05, 4.69) is 17.3 Å². The largest absolute Gasteiger partial charge is 0.370 e. The van der Waals surface area contributed by atoms with Gasteiger partial charge in [-0.1, -0.05) is 6.92 Å². The van der Waals surface area contributed by atoms with Gasteiger partial charge in [-0.2, -0.15) is 5.10 Å². The Morgan fingerprint density at radius 3 is 2.85 bits per heavy atom. The Bertz CT molecular complexity index is 602. The second-order valence-corrected chi connectivity index (χ2v) is 5.30. The summed E-state index contributed by atoms with van der Waals surface area (Å²) in [6, 6.07) is 1.97. The van der Waals surface area contributed by atoms with E-state index in [1.54, 1.807) is 6.20 Å². The maximum Gasteiger partial charge on any atom is 0.180 e. The zero-order chi connectivity index (χ0) is 13.9. The van der Waals surface area contributed by atoms with E-state index in [1.807, 2.05) is 17.8 Å². The molecule has 0 radical (unpaired) electrons. The Morgan fingerprint density at radius 1 is 1.25 bits per heavy atom. The monoisotopic (exact) mass is 271 g/mol. The standard InChI is InChI=1S/C15H21N5/c1-3-9-16-14-11-6-4-5-7-12(11)18-15(19-14)13-8-10-17-20(13)2/h8,10H,3-7,9H2,1-2H3,(H,16,18,19). The van der Waals surface area contributed by atoms with E-state index in [0.29, 0.717) is 0 Å². The lowest BCUT2D eigenvalue weighted by molar-refractivity contribution is 0.662. The molecule has 0 unspecified atom stereocenters. The predicted octanol–water partition coefficient (Wildman–Crippen LogP) is 2.58. The Hall–Kier alpha value is -1.91. The molecule has 0 amide bonds. The van der Waals surface area contributed by atoms with Crippen LogP contribution < -0.4 is 5.32 Å². The van der Waals surface area contributed by atoms with Crippen molar-refractivity contribution >= 4 is 5.82 Å². The number of fused-ring (bicyclic) bond motifs is 1. The van der Waals surface area contributed by atoms with Gasteiger partial charge in [-0.3, -0.25) is 4.68 Å². The van der Waals surface area contributed by atoms with Gasteiger partial charge in [-0.15, -0.1) is 0 Å². The van der Waals surface area contributed by atoms with Gasteiger partial charge in [0.15, 0.2) is 5.82 Å². The molecule has 3 rings (SSSR count). The molecule has 0 bridgehead atoms. The molecule has 2 heterocycles. The first-order valence-electron chi connectivity index (χ1n) is 7.41. The van der Waals surface area contributed by atoms with Crippen LogP contribution >= 0.6 is 0 Å². The molecule has 0 aliphatic heterocycles. The third-order valence-electron chi connectivity index (χ3n) is 3.78. The fourth-order valence-electron chi connectivity index (χ4n) is 2.69. The van der Waals surface area contributed by atoms with Crippen LogP contribution in [0.4, 0.5) is 5.82 Å². The summed E-state index contributed by atoms with van der Waals surface area (Å²) in [5.74, 6) is 1.80. The number of aryl methyl sites for hydroxylation is 2. The topological polar surface area (TPSA) is 55.6 Å². The molecule has 5 heteroatoms. The summed E-state index contributed by atoms with van der Waals surface area (Å²) in [4.78, 5) is 9.52. The Labute approximate surface area is 119 Å². The number of aromatic nitrogens is 4. The summed E-state index contributed by atoms with van der Waals surface area (Å²) >= 11 is 0. The zero-order valence-electron chi connectivity index (χ0n) is 12.2. The lowest BCUT2D eigenvalue weighted by Gasteiger charge is -2.19. The summed E-state index contributed by atoms with van der Waals surface area (Å²) < 4.78 is 1.83.